The summed E-state index contributed by atoms with van der Waals surface area (Å²) in [6, 6.07) is 13.9. The lowest BCUT2D eigenvalue weighted by molar-refractivity contribution is -0.142. The Hall–Kier alpha value is -3.35. The van der Waals surface area contributed by atoms with Gasteiger partial charge in [0.15, 0.2) is 0 Å². The van der Waals surface area contributed by atoms with Crippen molar-refractivity contribution in [2.75, 3.05) is 37.6 Å². The Kier molecular flexibility index (Phi) is 5.46. The summed E-state index contributed by atoms with van der Waals surface area (Å²) in [5, 5.41) is 1.43. The van der Waals surface area contributed by atoms with Crippen molar-refractivity contribution in [2.24, 2.45) is 0 Å². The molecule has 1 fully saturated rings. The van der Waals surface area contributed by atoms with Crippen molar-refractivity contribution in [3.63, 3.8) is 0 Å². The summed E-state index contributed by atoms with van der Waals surface area (Å²) in [6.45, 7) is 4.79. The third-order valence-electron chi connectivity index (χ3n) is 5.30. The molecule has 0 unspecified atom stereocenters. The number of carbonyl (C=O) groups is 2. The van der Waals surface area contributed by atoms with Gasteiger partial charge in [-0.1, -0.05) is 35.9 Å². The highest BCUT2D eigenvalue weighted by atomic mass is 16.2. The van der Waals surface area contributed by atoms with Crippen LogP contribution in [0.5, 0.6) is 0 Å². The van der Waals surface area contributed by atoms with Gasteiger partial charge in [-0.2, -0.15) is 0 Å². The Balaban J connectivity index is 1.34. The maximum absolute atomic E-state index is 12.8. The van der Waals surface area contributed by atoms with Gasteiger partial charge in [0.2, 0.25) is 11.8 Å². The molecule has 1 aromatic heterocycles. The van der Waals surface area contributed by atoms with E-state index in [4.69, 9.17) is 0 Å². The summed E-state index contributed by atoms with van der Waals surface area (Å²) in [7, 11) is 0. The lowest BCUT2D eigenvalue weighted by Gasteiger charge is -2.37. The SMILES string of the molecule is Cc1ccc(C2=CCC(=O)N(CC(=O)N3CCN(c4ccccn4)CC3)N2)cc1. The molecule has 7 heteroatoms. The quantitative estimate of drug-likeness (QED) is 0.861. The monoisotopic (exact) mass is 391 g/mol. The second-order valence-electron chi connectivity index (χ2n) is 7.34. The Morgan fingerprint density at radius 1 is 1.07 bits per heavy atom. The molecular formula is C22H25N5O2. The molecule has 1 saturated heterocycles. The van der Waals surface area contributed by atoms with E-state index in [0.29, 0.717) is 13.1 Å². The van der Waals surface area contributed by atoms with E-state index in [1.165, 1.54) is 10.6 Å². The highest BCUT2D eigenvalue weighted by Gasteiger charge is 2.27. The first kappa shape index (κ1) is 19.0. The second kappa shape index (κ2) is 8.34. The third-order valence-corrected chi connectivity index (χ3v) is 5.30. The van der Waals surface area contributed by atoms with Crippen LogP contribution in [0, 0.1) is 6.92 Å². The van der Waals surface area contributed by atoms with Crippen LogP contribution < -0.4 is 10.3 Å². The maximum Gasteiger partial charge on any atom is 0.245 e. The maximum atomic E-state index is 12.8. The van der Waals surface area contributed by atoms with Crippen molar-refractivity contribution in [2.45, 2.75) is 13.3 Å². The Morgan fingerprint density at radius 3 is 2.52 bits per heavy atom. The summed E-state index contributed by atoms with van der Waals surface area (Å²) >= 11 is 0. The minimum Gasteiger partial charge on any atom is -0.353 e. The predicted molar refractivity (Wildman–Crippen MR) is 112 cm³/mol. The molecule has 0 radical (unpaired) electrons. The molecule has 2 aliphatic rings. The second-order valence-corrected chi connectivity index (χ2v) is 7.34. The fourth-order valence-electron chi connectivity index (χ4n) is 3.56. The first-order valence-electron chi connectivity index (χ1n) is 9.88. The van der Waals surface area contributed by atoms with E-state index < -0.39 is 0 Å². The summed E-state index contributed by atoms with van der Waals surface area (Å²) in [4.78, 5) is 33.5. The molecule has 2 aliphatic heterocycles. The number of nitrogens with zero attached hydrogens (tertiary/aromatic N) is 4. The van der Waals surface area contributed by atoms with Crippen molar-refractivity contribution in [3.8, 4) is 0 Å². The molecule has 0 spiro atoms. The molecule has 1 N–H and O–H groups in total. The first-order valence-corrected chi connectivity index (χ1v) is 9.88. The van der Waals surface area contributed by atoms with Gasteiger partial charge in [0, 0.05) is 38.8 Å². The normalized spacial score (nSPS) is 17.1. The van der Waals surface area contributed by atoms with E-state index in [0.717, 1.165) is 30.2 Å². The molecule has 1 aromatic carbocycles. The van der Waals surface area contributed by atoms with E-state index in [1.807, 2.05) is 60.4 Å². The van der Waals surface area contributed by atoms with Crippen LogP contribution in [0.3, 0.4) is 0 Å². The lowest BCUT2D eigenvalue weighted by atomic mass is 10.1. The molecule has 29 heavy (non-hydrogen) atoms. The molecule has 7 nitrogen and oxygen atoms in total. The van der Waals surface area contributed by atoms with Gasteiger partial charge in [0.05, 0.1) is 5.70 Å². The molecule has 0 aliphatic carbocycles. The number of anilines is 1. The zero-order valence-corrected chi connectivity index (χ0v) is 16.5. The standard InChI is InChI=1S/C22H25N5O2/c1-17-5-7-18(8-6-17)19-9-10-21(28)27(24-19)16-22(29)26-14-12-25(13-15-26)20-4-2-3-11-23-20/h2-9,11,24H,10,12-16H2,1H3. The van der Waals surface area contributed by atoms with E-state index in [9.17, 15) is 9.59 Å². The van der Waals surface area contributed by atoms with Gasteiger partial charge >= 0.3 is 0 Å². The van der Waals surface area contributed by atoms with Crippen LogP contribution in [-0.2, 0) is 9.59 Å². The fourth-order valence-corrected chi connectivity index (χ4v) is 3.56. The Morgan fingerprint density at radius 2 is 1.83 bits per heavy atom. The predicted octanol–water partition coefficient (Wildman–Crippen LogP) is 1.82. The van der Waals surface area contributed by atoms with Crippen LogP contribution in [-0.4, -0.2) is 59.4 Å². The van der Waals surface area contributed by atoms with Gasteiger partial charge in [0.25, 0.3) is 0 Å². The van der Waals surface area contributed by atoms with Crippen LogP contribution >= 0.6 is 0 Å². The number of hydrazine groups is 1. The average molecular weight is 391 g/mol. The van der Waals surface area contributed by atoms with Crippen LogP contribution in [0.15, 0.2) is 54.7 Å². The van der Waals surface area contributed by atoms with Gasteiger partial charge in [-0.15, -0.1) is 0 Å². The van der Waals surface area contributed by atoms with Crippen molar-refractivity contribution in [1.29, 1.82) is 0 Å². The Labute approximate surface area is 170 Å². The smallest absolute Gasteiger partial charge is 0.245 e. The molecular weight excluding hydrogens is 366 g/mol. The fraction of sp³-hybridized carbons (Fsp3) is 0.318. The first-order chi connectivity index (χ1) is 14.1. The molecule has 150 valence electrons. The van der Waals surface area contributed by atoms with Crippen LogP contribution in [0.25, 0.3) is 5.70 Å². The van der Waals surface area contributed by atoms with Gasteiger partial charge in [0.1, 0.15) is 12.4 Å². The zero-order valence-electron chi connectivity index (χ0n) is 16.5. The number of hydrogen-bond donors (Lipinski definition) is 1. The number of benzene rings is 1. The number of piperazine rings is 1. The highest BCUT2D eigenvalue weighted by molar-refractivity contribution is 5.88. The number of hydrogen-bond acceptors (Lipinski definition) is 5. The van der Waals surface area contributed by atoms with E-state index in [2.05, 4.69) is 15.3 Å². The van der Waals surface area contributed by atoms with Crippen molar-refractivity contribution >= 4 is 23.3 Å². The zero-order chi connectivity index (χ0) is 20.2. The van der Waals surface area contributed by atoms with Crippen molar-refractivity contribution in [1.82, 2.24) is 20.3 Å². The van der Waals surface area contributed by atoms with Gasteiger partial charge < -0.3 is 9.80 Å². The van der Waals surface area contributed by atoms with Gasteiger partial charge in [-0.25, -0.2) is 9.99 Å². The van der Waals surface area contributed by atoms with Crippen molar-refractivity contribution < 1.29 is 9.59 Å². The summed E-state index contributed by atoms with van der Waals surface area (Å²) < 4.78 is 0. The van der Waals surface area contributed by atoms with Crippen LogP contribution in [0.1, 0.15) is 17.5 Å². The van der Waals surface area contributed by atoms with Crippen LogP contribution in [0.4, 0.5) is 5.82 Å². The van der Waals surface area contributed by atoms with E-state index in [-0.39, 0.29) is 24.8 Å². The average Bonchev–Trinajstić information content (AvgIpc) is 2.76. The number of rotatable bonds is 4. The highest BCUT2D eigenvalue weighted by Crippen LogP contribution is 2.18. The number of pyridine rings is 1. The lowest BCUT2D eigenvalue weighted by Crippen LogP contribution is -2.54. The number of amides is 2. The van der Waals surface area contributed by atoms with Crippen molar-refractivity contribution in [3.05, 3.63) is 65.9 Å². The summed E-state index contributed by atoms with van der Waals surface area (Å²) in [6.07, 6.45) is 3.94. The number of aryl methyl sites for hydroxylation is 1. The molecule has 0 bridgehead atoms. The minimum absolute atomic E-state index is 0.0334. The van der Waals surface area contributed by atoms with E-state index >= 15 is 0 Å². The number of carbonyl (C=O) groups excluding carboxylic acids is 2. The summed E-state index contributed by atoms with van der Waals surface area (Å²) in [5.74, 6) is 0.790. The van der Waals surface area contributed by atoms with Gasteiger partial charge in [-0.3, -0.25) is 15.0 Å². The molecule has 2 aromatic rings. The molecule has 3 heterocycles. The van der Waals surface area contributed by atoms with E-state index in [1.54, 1.807) is 6.20 Å². The van der Waals surface area contributed by atoms with Gasteiger partial charge in [-0.05, 0) is 30.7 Å². The largest absolute Gasteiger partial charge is 0.353 e. The molecule has 0 atom stereocenters. The number of aromatic nitrogens is 1. The number of nitrogens with one attached hydrogen (secondary N) is 1. The topological polar surface area (TPSA) is 68.8 Å². The molecule has 0 saturated carbocycles. The molecule has 2 amide bonds. The third kappa shape index (κ3) is 4.39. The van der Waals surface area contributed by atoms with Crippen LogP contribution in [0.2, 0.25) is 0 Å². The molecule has 4 rings (SSSR count). The minimum atomic E-state index is -0.0960. The Bertz CT molecular complexity index is 903. The summed E-state index contributed by atoms with van der Waals surface area (Å²) in [5.41, 5.74) is 6.16.